The summed E-state index contributed by atoms with van der Waals surface area (Å²) in [4.78, 5) is 0. The van der Waals surface area contributed by atoms with Crippen LogP contribution in [0, 0.1) is 0 Å². The SMILES string of the molecule is C=C[C@](F)([C@H](O)[C@H]1COC2(CCCCC2)O1)C(F)(F)F. The van der Waals surface area contributed by atoms with Gasteiger partial charge in [-0.05, 0) is 18.9 Å². The summed E-state index contributed by atoms with van der Waals surface area (Å²) >= 11 is 0. The lowest BCUT2D eigenvalue weighted by Gasteiger charge is -2.35. The number of hydrogen-bond acceptors (Lipinski definition) is 3. The number of alkyl halides is 4. The minimum atomic E-state index is -5.25. The van der Waals surface area contributed by atoms with Crippen LogP contribution in [0.1, 0.15) is 32.1 Å². The first-order valence-electron chi connectivity index (χ1n) is 6.63. The van der Waals surface area contributed by atoms with Crippen LogP contribution in [0.25, 0.3) is 0 Å². The number of halogens is 4. The number of rotatable bonds is 3. The van der Waals surface area contributed by atoms with Crippen molar-refractivity contribution in [1.29, 1.82) is 0 Å². The highest BCUT2D eigenvalue weighted by atomic mass is 19.4. The molecule has 1 saturated heterocycles. The van der Waals surface area contributed by atoms with Crippen LogP contribution < -0.4 is 0 Å². The maximum Gasteiger partial charge on any atom is 0.428 e. The molecule has 0 aromatic heterocycles. The zero-order valence-corrected chi connectivity index (χ0v) is 11.0. The van der Waals surface area contributed by atoms with Gasteiger partial charge in [0.25, 0.3) is 5.67 Å². The molecular formula is C13H18F4O3. The molecule has 2 aliphatic rings. The topological polar surface area (TPSA) is 38.7 Å². The molecule has 1 saturated carbocycles. The van der Waals surface area contributed by atoms with E-state index in [1.165, 1.54) is 0 Å². The van der Waals surface area contributed by atoms with Gasteiger partial charge in [0, 0.05) is 12.8 Å². The molecule has 0 aromatic carbocycles. The molecule has 20 heavy (non-hydrogen) atoms. The van der Waals surface area contributed by atoms with Crippen molar-refractivity contribution in [2.75, 3.05) is 6.61 Å². The monoisotopic (exact) mass is 298 g/mol. The third-order valence-corrected chi connectivity index (χ3v) is 4.01. The summed E-state index contributed by atoms with van der Waals surface area (Å²) in [6.07, 6.45) is -5.13. The summed E-state index contributed by atoms with van der Waals surface area (Å²) in [5, 5.41) is 9.75. The van der Waals surface area contributed by atoms with E-state index in [4.69, 9.17) is 9.47 Å². The number of ether oxygens (including phenoxy) is 2. The second-order valence-electron chi connectivity index (χ2n) is 5.35. The molecular weight excluding hydrogens is 280 g/mol. The Labute approximate surface area is 114 Å². The second-order valence-corrected chi connectivity index (χ2v) is 5.35. The fourth-order valence-electron chi connectivity index (χ4n) is 2.76. The fourth-order valence-corrected chi connectivity index (χ4v) is 2.76. The van der Waals surface area contributed by atoms with Crippen LogP contribution in [0.15, 0.2) is 12.7 Å². The molecule has 1 N–H and O–H groups in total. The van der Waals surface area contributed by atoms with Crippen molar-refractivity contribution in [3.8, 4) is 0 Å². The smallest absolute Gasteiger partial charge is 0.386 e. The van der Waals surface area contributed by atoms with Gasteiger partial charge < -0.3 is 14.6 Å². The van der Waals surface area contributed by atoms with Crippen molar-refractivity contribution in [1.82, 2.24) is 0 Å². The zero-order chi connectivity index (χ0) is 15.0. The molecule has 1 heterocycles. The van der Waals surface area contributed by atoms with Crippen molar-refractivity contribution < 1.29 is 32.1 Å². The first-order chi connectivity index (χ1) is 9.24. The molecule has 2 fully saturated rings. The molecule has 0 unspecified atom stereocenters. The van der Waals surface area contributed by atoms with E-state index in [1.54, 1.807) is 0 Å². The predicted octanol–water partition coefficient (Wildman–Crippen LogP) is 2.88. The maximum atomic E-state index is 14.0. The largest absolute Gasteiger partial charge is 0.428 e. The predicted molar refractivity (Wildman–Crippen MR) is 62.7 cm³/mol. The summed E-state index contributed by atoms with van der Waals surface area (Å²) in [6.45, 7) is 2.59. The Morgan fingerprint density at radius 2 is 1.80 bits per heavy atom. The van der Waals surface area contributed by atoms with Gasteiger partial charge in [0.2, 0.25) is 0 Å². The quantitative estimate of drug-likeness (QED) is 0.643. The van der Waals surface area contributed by atoms with Gasteiger partial charge >= 0.3 is 6.18 Å². The summed E-state index contributed by atoms with van der Waals surface area (Å²) in [5.74, 6) is -0.961. The summed E-state index contributed by atoms with van der Waals surface area (Å²) in [7, 11) is 0. The average Bonchev–Trinajstić information content (AvgIpc) is 2.80. The Morgan fingerprint density at radius 3 is 2.30 bits per heavy atom. The Bertz CT molecular complexity index is 365. The van der Waals surface area contributed by atoms with Crippen molar-refractivity contribution in [3.63, 3.8) is 0 Å². The van der Waals surface area contributed by atoms with E-state index in [9.17, 15) is 22.7 Å². The minimum Gasteiger partial charge on any atom is -0.386 e. The number of hydrogen-bond donors (Lipinski definition) is 1. The second kappa shape index (κ2) is 5.27. The van der Waals surface area contributed by atoms with Gasteiger partial charge in [-0.2, -0.15) is 13.2 Å². The summed E-state index contributed by atoms with van der Waals surface area (Å²) in [6, 6.07) is 0. The molecule has 3 atom stereocenters. The van der Waals surface area contributed by atoms with Gasteiger partial charge in [-0.1, -0.05) is 13.0 Å². The van der Waals surface area contributed by atoms with Gasteiger partial charge in [-0.15, -0.1) is 0 Å². The van der Waals surface area contributed by atoms with Crippen molar-refractivity contribution in [2.45, 2.75) is 61.9 Å². The van der Waals surface area contributed by atoms with E-state index in [0.29, 0.717) is 12.8 Å². The van der Waals surface area contributed by atoms with Gasteiger partial charge in [0.15, 0.2) is 5.79 Å². The molecule has 0 amide bonds. The van der Waals surface area contributed by atoms with Gasteiger partial charge in [0.1, 0.15) is 12.2 Å². The van der Waals surface area contributed by atoms with Crippen molar-refractivity contribution >= 4 is 0 Å². The Balaban J connectivity index is 2.10. The van der Waals surface area contributed by atoms with Crippen LogP contribution in [-0.4, -0.2) is 41.6 Å². The average molecular weight is 298 g/mol. The third kappa shape index (κ3) is 2.58. The standard InChI is InChI=1S/C13H18F4O3/c1-2-12(14,13(15,16)17)10(18)9-8-19-11(20-9)6-4-3-5-7-11/h2,9-10,18H,1,3-8H2/t9-,10-,12+/m1/s1. The Hall–Kier alpha value is -0.660. The van der Waals surface area contributed by atoms with Crippen LogP contribution >= 0.6 is 0 Å². The third-order valence-electron chi connectivity index (χ3n) is 4.01. The molecule has 116 valence electrons. The Kier molecular flexibility index (Phi) is 4.15. The van der Waals surface area contributed by atoms with Gasteiger partial charge in [-0.3, -0.25) is 0 Å². The lowest BCUT2D eigenvalue weighted by molar-refractivity contribution is -0.261. The zero-order valence-electron chi connectivity index (χ0n) is 11.0. The molecule has 0 bridgehead atoms. The molecule has 1 aliphatic carbocycles. The van der Waals surface area contributed by atoms with E-state index in [1.807, 2.05) is 0 Å². The van der Waals surface area contributed by atoms with E-state index in [0.717, 1.165) is 19.3 Å². The summed E-state index contributed by atoms with van der Waals surface area (Å²) in [5.41, 5.74) is -3.90. The minimum absolute atomic E-state index is 0.0763. The van der Waals surface area contributed by atoms with Gasteiger partial charge in [-0.25, -0.2) is 4.39 Å². The number of aliphatic hydroxyl groups is 1. The lowest BCUT2D eigenvalue weighted by Crippen LogP contribution is -2.55. The van der Waals surface area contributed by atoms with Crippen LogP contribution in [0.3, 0.4) is 0 Å². The lowest BCUT2D eigenvalue weighted by atomic mass is 9.93. The van der Waals surface area contributed by atoms with E-state index < -0.39 is 29.8 Å². The van der Waals surface area contributed by atoms with E-state index >= 15 is 0 Å². The van der Waals surface area contributed by atoms with Crippen molar-refractivity contribution in [3.05, 3.63) is 12.7 Å². The first-order valence-corrected chi connectivity index (χ1v) is 6.63. The van der Waals surface area contributed by atoms with E-state index in [2.05, 4.69) is 6.58 Å². The highest BCUT2D eigenvalue weighted by Gasteiger charge is 2.62. The Morgan fingerprint density at radius 1 is 1.20 bits per heavy atom. The molecule has 2 rings (SSSR count). The van der Waals surface area contributed by atoms with Gasteiger partial charge in [0.05, 0.1) is 6.61 Å². The van der Waals surface area contributed by atoms with Crippen molar-refractivity contribution in [2.24, 2.45) is 0 Å². The first kappa shape index (κ1) is 15.7. The van der Waals surface area contributed by atoms with Crippen LogP contribution in [-0.2, 0) is 9.47 Å². The molecule has 3 nitrogen and oxygen atoms in total. The normalized spacial score (nSPS) is 30.9. The fraction of sp³-hybridized carbons (Fsp3) is 0.846. The number of aliphatic hydroxyl groups excluding tert-OH is 1. The summed E-state index contributed by atoms with van der Waals surface area (Å²) < 4.78 is 63.1. The molecule has 0 aromatic rings. The molecule has 1 aliphatic heterocycles. The molecule has 0 radical (unpaired) electrons. The molecule has 1 spiro atoms. The highest BCUT2D eigenvalue weighted by molar-refractivity contribution is 5.10. The molecule has 7 heteroatoms. The maximum absolute atomic E-state index is 14.0. The highest BCUT2D eigenvalue weighted by Crippen LogP contribution is 2.44. The van der Waals surface area contributed by atoms with Crippen LogP contribution in [0.2, 0.25) is 0 Å². The van der Waals surface area contributed by atoms with Crippen LogP contribution in [0.4, 0.5) is 17.6 Å². The van der Waals surface area contributed by atoms with E-state index in [-0.39, 0.29) is 12.7 Å². The van der Waals surface area contributed by atoms with Crippen LogP contribution in [0.5, 0.6) is 0 Å².